The molecule has 0 bridgehead atoms. The van der Waals surface area contributed by atoms with E-state index in [1.54, 1.807) is 0 Å². The van der Waals surface area contributed by atoms with Crippen LogP contribution in [-0.4, -0.2) is 42.2 Å². The van der Waals surface area contributed by atoms with Crippen LogP contribution in [0.4, 0.5) is 5.82 Å². The number of carbonyl (C=O) groups is 2. The summed E-state index contributed by atoms with van der Waals surface area (Å²) in [6.45, 7) is 3.32. The quantitative estimate of drug-likeness (QED) is 0.505. The van der Waals surface area contributed by atoms with Crippen LogP contribution in [0.15, 0.2) is 47.5 Å². The number of rotatable bonds is 9. The number of hydrogen-bond acceptors (Lipinski definition) is 5. The Bertz CT molecular complexity index is 938. The van der Waals surface area contributed by atoms with Gasteiger partial charge in [0.25, 0.3) is 5.91 Å². The SMILES string of the molecule is O=C(CSc1ccccc1C(=O)NCc1ccc(N2CCCCC2)nc1)NCC1CCCCC1. The van der Waals surface area contributed by atoms with Crippen LogP contribution in [0.1, 0.15) is 67.3 Å². The van der Waals surface area contributed by atoms with Gasteiger partial charge in [-0.1, -0.05) is 37.5 Å². The molecule has 34 heavy (non-hydrogen) atoms. The Labute approximate surface area is 207 Å². The van der Waals surface area contributed by atoms with E-state index in [2.05, 4.69) is 20.5 Å². The van der Waals surface area contributed by atoms with Crippen molar-refractivity contribution in [3.8, 4) is 0 Å². The van der Waals surface area contributed by atoms with Gasteiger partial charge in [-0.15, -0.1) is 11.8 Å². The van der Waals surface area contributed by atoms with Gasteiger partial charge in [0, 0.05) is 37.3 Å². The van der Waals surface area contributed by atoms with E-state index >= 15 is 0 Å². The van der Waals surface area contributed by atoms with Crippen molar-refractivity contribution in [2.45, 2.75) is 62.8 Å². The lowest BCUT2D eigenvalue weighted by atomic mass is 9.89. The molecular weight excluding hydrogens is 444 g/mol. The van der Waals surface area contributed by atoms with Crippen molar-refractivity contribution in [2.24, 2.45) is 5.92 Å². The van der Waals surface area contributed by atoms with E-state index in [0.717, 1.165) is 35.9 Å². The van der Waals surface area contributed by atoms with Gasteiger partial charge < -0.3 is 15.5 Å². The predicted octanol–water partition coefficient (Wildman–Crippen LogP) is 4.79. The zero-order valence-corrected chi connectivity index (χ0v) is 20.7. The third kappa shape index (κ3) is 7.23. The normalized spacial score (nSPS) is 16.8. The van der Waals surface area contributed by atoms with Gasteiger partial charge in [0.15, 0.2) is 0 Å². The molecule has 0 spiro atoms. The molecule has 182 valence electrons. The summed E-state index contributed by atoms with van der Waals surface area (Å²) in [6, 6.07) is 11.6. The average Bonchev–Trinajstić information content (AvgIpc) is 2.91. The Morgan fingerprint density at radius 1 is 0.941 bits per heavy atom. The van der Waals surface area contributed by atoms with E-state index < -0.39 is 0 Å². The first-order valence-electron chi connectivity index (χ1n) is 12.7. The highest BCUT2D eigenvalue weighted by Gasteiger charge is 2.16. The van der Waals surface area contributed by atoms with Crippen LogP contribution in [0.5, 0.6) is 0 Å². The van der Waals surface area contributed by atoms with E-state index in [-0.39, 0.29) is 11.8 Å². The molecule has 1 saturated carbocycles. The first-order chi connectivity index (χ1) is 16.7. The molecule has 1 aromatic heterocycles. The zero-order chi connectivity index (χ0) is 23.6. The summed E-state index contributed by atoms with van der Waals surface area (Å²) in [6.07, 6.45) is 11.9. The van der Waals surface area contributed by atoms with Crippen LogP contribution < -0.4 is 15.5 Å². The van der Waals surface area contributed by atoms with Crippen molar-refractivity contribution >= 4 is 29.4 Å². The summed E-state index contributed by atoms with van der Waals surface area (Å²) in [5.41, 5.74) is 1.58. The lowest BCUT2D eigenvalue weighted by molar-refractivity contribution is -0.118. The Balaban J connectivity index is 1.25. The monoisotopic (exact) mass is 480 g/mol. The summed E-state index contributed by atoms with van der Waals surface area (Å²) in [7, 11) is 0. The zero-order valence-electron chi connectivity index (χ0n) is 19.9. The highest BCUT2D eigenvalue weighted by atomic mass is 32.2. The highest BCUT2D eigenvalue weighted by Crippen LogP contribution is 2.24. The van der Waals surface area contributed by atoms with Gasteiger partial charge in [-0.05, 0) is 61.8 Å². The molecule has 4 rings (SSSR count). The molecule has 7 heteroatoms. The number of piperidine rings is 1. The van der Waals surface area contributed by atoms with Crippen molar-refractivity contribution in [2.75, 3.05) is 30.3 Å². The molecule has 1 saturated heterocycles. The molecular formula is C27H36N4O2S. The molecule has 1 aliphatic carbocycles. The molecule has 0 radical (unpaired) electrons. The average molecular weight is 481 g/mol. The fraction of sp³-hybridized carbons (Fsp3) is 0.519. The van der Waals surface area contributed by atoms with E-state index in [4.69, 9.17) is 0 Å². The molecule has 2 aromatic rings. The van der Waals surface area contributed by atoms with Crippen LogP contribution in [0.3, 0.4) is 0 Å². The molecule has 2 aliphatic rings. The molecule has 0 unspecified atom stereocenters. The molecule has 1 aliphatic heterocycles. The van der Waals surface area contributed by atoms with Gasteiger partial charge in [0.1, 0.15) is 5.82 Å². The van der Waals surface area contributed by atoms with Crippen LogP contribution in [0.2, 0.25) is 0 Å². The van der Waals surface area contributed by atoms with E-state index in [1.165, 1.54) is 63.1 Å². The van der Waals surface area contributed by atoms with Gasteiger partial charge >= 0.3 is 0 Å². The number of pyridine rings is 1. The standard InChI is InChI=1S/C27H36N4O2S/c32-26(29-17-21-9-3-1-4-10-21)20-34-24-12-6-5-11-23(24)27(33)30-19-22-13-14-25(28-18-22)31-15-7-2-8-16-31/h5-6,11-14,18,21H,1-4,7-10,15-17,19-20H2,(H,29,32)(H,30,33). The number of benzene rings is 1. The van der Waals surface area contributed by atoms with Gasteiger partial charge in [-0.3, -0.25) is 9.59 Å². The second-order valence-corrected chi connectivity index (χ2v) is 10.4. The molecule has 0 atom stereocenters. The summed E-state index contributed by atoms with van der Waals surface area (Å²) in [4.78, 5) is 33.0. The largest absolute Gasteiger partial charge is 0.357 e. The molecule has 2 fully saturated rings. The molecule has 2 N–H and O–H groups in total. The number of nitrogens with one attached hydrogen (secondary N) is 2. The Morgan fingerprint density at radius 3 is 2.47 bits per heavy atom. The van der Waals surface area contributed by atoms with Crippen LogP contribution in [0, 0.1) is 5.92 Å². The second-order valence-electron chi connectivity index (χ2n) is 9.35. The molecule has 1 aromatic carbocycles. The maximum atomic E-state index is 12.9. The van der Waals surface area contributed by atoms with Gasteiger partial charge in [0.05, 0.1) is 11.3 Å². The number of aromatic nitrogens is 1. The topological polar surface area (TPSA) is 74.3 Å². The number of anilines is 1. The first kappa shape index (κ1) is 24.6. The van der Waals surface area contributed by atoms with Crippen molar-refractivity contribution in [3.63, 3.8) is 0 Å². The van der Waals surface area contributed by atoms with Crippen LogP contribution in [0.25, 0.3) is 0 Å². The van der Waals surface area contributed by atoms with E-state index in [9.17, 15) is 9.59 Å². The van der Waals surface area contributed by atoms with Crippen molar-refractivity contribution < 1.29 is 9.59 Å². The number of nitrogens with zero attached hydrogens (tertiary/aromatic N) is 2. The summed E-state index contributed by atoms with van der Waals surface area (Å²) < 4.78 is 0. The Kier molecular flexibility index (Phi) is 9.25. The number of thioether (sulfide) groups is 1. The molecule has 6 nitrogen and oxygen atoms in total. The maximum Gasteiger partial charge on any atom is 0.252 e. The van der Waals surface area contributed by atoms with Gasteiger partial charge in [0.2, 0.25) is 5.91 Å². The van der Waals surface area contributed by atoms with Crippen molar-refractivity contribution in [1.29, 1.82) is 0 Å². The second kappa shape index (κ2) is 12.8. The minimum absolute atomic E-state index is 0.0330. The summed E-state index contributed by atoms with van der Waals surface area (Å²) in [5, 5.41) is 6.08. The van der Waals surface area contributed by atoms with Crippen molar-refractivity contribution in [1.82, 2.24) is 15.6 Å². The minimum Gasteiger partial charge on any atom is -0.357 e. The molecule has 2 amide bonds. The Morgan fingerprint density at radius 2 is 1.71 bits per heavy atom. The van der Waals surface area contributed by atoms with Crippen molar-refractivity contribution in [3.05, 3.63) is 53.7 Å². The van der Waals surface area contributed by atoms with Gasteiger partial charge in [-0.2, -0.15) is 0 Å². The summed E-state index contributed by atoms with van der Waals surface area (Å²) >= 11 is 1.42. The number of hydrogen-bond donors (Lipinski definition) is 2. The van der Waals surface area contributed by atoms with E-state index in [0.29, 0.717) is 23.8 Å². The minimum atomic E-state index is -0.133. The third-order valence-electron chi connectivity index (χ3n) is 6.75. The highest BCUT2D eigenvalue weighted by molar-refractivity contribution is 8.00. The van der Waals surface area contributed by atoms with Crippen LogP contribution in [-0.2, 0) is 11.3 Å². The molecule has 2 heterocycles. The fourth-order valence-corrected chi connectivity index (χ4v) is 5.61. The fourth-order valence-electron chi connectivity index (χ4n) is 4.73. The Hall–Kier alpha value is -2.54. The van der Waals surface area contributed by atoms with Gasteiger partial charge in [-0.25, -0.2) is 4.98 Å². The van der Waals surface area contributed by atoms with Crippen LogP contribution >= 0.6 is 11.8 Å². The third-order valence-corrected chi connectivity index (χ3v) is 7.82. The lowest BCUT2D eigenvalue weighted by Crippen LogP contribution is -2.31. The lowest BCUT2D eigenvalue weighted by Gasteiger charge is -2.27. The maximum absolute atomic E-state index is 12.9. The first-order valence-corrected chi connectivity index (χ1v) is 13.6. The number of amides is 2. The number of carbonyl (C=O) groups excluding carboxylic acids is 2. The smallest absolute Gasteiger partial charge is 0.252 e. The predicted molar refractivity (Wildman–Crippen MR) is 138 cm³/mol. The summed E-state index contributed by atoms with van der Waals surface area (Å²) in [5.74, 6) is 1.85. The van der Waals surface area contributed by atoms with E-state index in [1.807, 2.05) is 42.6 Å².